The number of halogens is 2. The maximum absolute atomic E-state index is 6.09. The molecule has 2 rings (SSSR count). The molecule has 0 saturated heterocycles. The van der Waals surface area contributed by atoms with Crippen LogP contribution in [-0.2, 0) is 6.54 Å². The van der Waals surface area contributed by atoms with Crippen LogP contribution in [0.25, 0.3) is 0 Å². The Hall–Kier alpha value is -0.700. The summed E-state index contributed by atoms with van der Waals surface area (Å²) < 4.78 is 0. The van der Waals surface area contributed by atoms with Crippen molar-refractivity contribution in [3.8, 4) is 0 Å². The third-order valence-electron chi connectivity index (χ3n) is 2.54. The van der Waals surface area contributed by atoms with Crippen molar-refractivity contribution in [2.45, 2.75) is 20.4 Å². The summed E-state index contributed by atoms with van der Waals surface area (Å²) in [4.78, 5) is 2.67. The van der Waals surface area contributed by atoms with Gasteiger partial charge in [-0.3, -0.25) is 0 Å². The van der Waals surface area contributed by atoms with Gasteiger partial charge in [-0.1, -0.05) is 23.2 Å². The summed E-state index contributed by atoms with van der Waals surface area (Å²) in [6.45, 7) is 5.03. The third-order valence-corrected chi connectivity index (χ3v) is 4.11. The molecule has 0 saturated carbocycles. The molecule has 0 amide bonds. The molecule has 4 heteroatoms. The standard InChI is InChI=1S/C13H13Cl2NS/c1-8-5-10(9(2)17-8)7-16-13-6-11(14)3-4-12(13)15/h3-6,16H,7H2,1-2H3. The maximum atomic E-state index is 6.09. The van der Waals surface area contributed by atoms with Crippen molar-refractivity contribution in [2.24, 2.45) is 0 Å². The van der Waals surface area contributed by atoms with E-state index in [0.717, 1.165) is 12.2 Å². The highest BCUT2D eigenvalue weighted by atomic mass is 35.5. The molecule has 0 radical (unpaired) electrons. The minimum atomic E-state index is 0.690. The topological polar surface area (TPSA) is 12.0 Å². The Balaban J connectivity index is 2.12. The van der Waals surface area contributed by atoms with Crippen LogP contribution in [0, 0.1) is 13.8 Å². The van der Waals surface area contributed by atoms with Gasteiger partial charge in [0.05, 0.1) is 10.7 Å². The molecule has 0 aliphatic heterocycles. The number of anilines is 1. The first-order valence-electron chi connectivity index (χ1n) is 5.31. The lowest BCUT2D eigenvalue weighted by Gasteiger charge is -2.08. The Bertz CT molecular complexity index is 534. The fourth-order valence-electron chi connectivity index (χ4n) is 1.68. The number of thiophene rings is 1. The Morgan fingerprint density at radius 1 is 1.18 bits per heavy atom. The Morgan fingerprint density at radius 3 is 2.59 bits per heavy atom. The number of benzene rings is 1. The minimum Gasteiger partial charge on any atom is -0.380 e. The molecular weight excluding hydrogens is 273 g/mol. The SMILES string of the molecule is Cc1cc(CNc2cc(Cl)ccc2Cl)c(C)s1. The van der Waals surface area contributed by atoms with Crippen LogP contribution in [0.3, 0.4) is 0 Å². The van der Waals surface area contributed by atoms with Gasteiger partial charge in [-0.15, -0.1) is 11.3 Å². The molecule has 90 valence electrons. The summed E-state index contributed by atoms with van der Waals surface area (Å²) in [5, 5.41) is 4.70. The minimum absolute atomic E-state index is 0.690. The number of nitrogens with one attached hydrogen (secondary N) is 1. The van der Waals surface area contributed by atoms with Crippen molar-refractivity contribution >= 4 is 40.2 Å². The van der Waals surface area contributed by atoms with E-state index in [0.29, 0.717) is 10.0 Å². The molecule has 0 spiro atoms. The lowest BCUT2D eigenvalue weighted by molar-refractivity contribution is 1.14. The predicted octanol–water partition coefficient (Wildman–Crippen LogP) is 5.28. The van der Waals surface area contributed by atoms with Crippen LogP contribution in [0.1, 0.15) is 15.3 Å². The Labute approximate surface area is 115 Å². The van der Waals surface area contributed by atoms with E-state index in [9.17, 15) is 0 Å². The second kappa shape index (κ2) is 5.30. The molecule has 17 heavy (non-hydrogen) atoms. The van der Waals surface area contributed by atoms with Crippen LogP contribution in [0.4, 0.5) is 5.69 Å². The van der Waals surface area contributed by atoms with Gasteiger partial charge in [0, 0.05) is 21.3 Å². The van der Waals surface area contributed by atoms with Gasteiger partial charge in [-0.05, 0) is 43.7 Å². The molecule has 2 aromatic rings. The molecule has 1 N–H and O–H groups in total. The predicted molar refractivity (Wildman–Crippen MR) is 77.6 cm³/mol. The summed E-state index contributed by atoms with van der Waals surface area (Å²) in [5.74, 6) is 0. The first-order chi connectivity index (χ1) is 8.06. The van der Waals surface area contributed by atoms with Gasteiger partial charge in [0.15, 0.2) is 0 Å². The zero-order valence-corrected chi connectivity index (χ0v) is 12.0. The zero-order valence-electron chi connectivity index (χ0n) is 9.68. The average molecular weight is 286 g/mol. The molecular formula is C13H13Cl2NS. The number of hydrogen-bond acceptors (Lipinski definition) is 2. The van der Waals surface area contributed by atoms with Crippen LogP contribution in [0.2, 0.25) is 10.0 Å². The fraction of sp³-hybridized carbons (Fsp3) is 0.231. The molecule has 1 nitrogen and oxygen atoms in total. The van der Waals surface area contributed by atoms with E-state index in [2.05, 4.69) is 25.2 Å². The molecule has 0 bridgehead atoms. The highest BCUT2D eigenvalue weighted by molar-refractivity contribution is 7.12. The first-order valence-corrected chi connectivity index (χ1v) is 6.88. The van der Waals surface area contributed by atoms with E-state index in [1.54, 1.807) is 12.1 Å². The highest BCUT2D eigenvalue weighted by Gasteiger charge is 2.05. The smallest absolute Gasteiger partial charge is 0.0638 e. The second-order valence-corrected chi connectivity index (χ2v) is 6.22. The van der Waals surface area contributed by atoms with Crippen molar-refractivity contribution in [2.75, 3.05) is 5.32 Å². The number of hydrogen-bond donors (Lipinski definition) is 1. The number of aryl methyl sites for hydroxylation is 2. The van der Waals surface area contributed by atoms with Crippen LogP contribution in [-0.4, -0.2) is 0 Å². The molecule has 1 aromatic carbocycles. The van der Waals surface area contributed by atoms with Crippen LogP contribution >= 0.6 is 34.5 Å². The van der Waals surface area contributed by atoms with Gasteiger partial charge in [-0.25, -0.2) is 0 Å². The van der Waals surface area contributed by atoms with Crippen LogP contribution in [0.5, 0.6) is 0 Å². The Morgan fingerprint density at radius 2 is 1.94 bits per heavy atom. The van der Waals surface area contributed by atoms with Crippen LogP contribution in [0.15, 0.2) is 24.3 Å². The first kappa shape index (κ1) is 12.7. The molecule has 0 unspecified atom stereocenters. The van der Waals surface area contributed by atoms with Gasteiger partial charge in [0.2, 0.25) is 0 Å². The summed E-state index contributed by atoms with van der Waals surface area (Å²) in [5.41, 5.74) is 2.19. The summed E-state index contributed by atoms with van der Waals surface area (Å²) in [7, 11) is 0. The molecule has 0 aliphatic rings. The molecule has 1 aromatic heterocycles. The van der Waals surface area contributed by atoms with Crippen molar-refractivity contribution in [1.29, 1.82) is 0 Å². The van der Waals surface area contributed by atoms with Gasteiger partial charge < -0.3 is 5.32 Å². The average Bonchev–Trinajstić information content (AvgIpc) is 2.59. The highest BCUT2D eigenvalue weighted by Crippen LogP contribution is 2.27. The van der Waals surface area contributed by atoms with E-state index in [-0.39, 0.29) is 0 Å². The lowest BCUT2D eigenvalue weighted by Crippen LogP contribution is -1.99. The van der Waals surface area contributed by atoms with Crippen molar-refractivity contribution in [3.63, 3.8) is 0 Å². The summed E-state index contributed by atoms with van der Waals surface area (Å²) >= 11 is 13.8. The van der Waals surface area contributed by atoms with Gasteiger partial charge in [0.1, 0.15) is 0 Å². The largest absolute Gasteiger partial charge is 0.380 e. The Kier molecular flexibility index (Phi) is 3.97. The van der Waals surface area contributed by atoms with E-state index >= 15 is 0 Å². The summed E-state index contributed by atoms with van der Waals surface area (Å²) in [6, 6.07) is 7.64. The van der Waals surface area contributed by atoms with E-state index in [4.69, 9.17) is 23.2 Å². The maximum Gasteiger partial charge on any atom is 0.0638 e. The zero-order chi connectivity index (χ0) is 12.4. The second-order valence-electron chi connectivity index (χ2n) is 3.92. The van der Waals surface area contributed by atoms with Gasteiger partial charge >= 0.3 is 0 Å². The molecule has 1 heterocycles. The molecule has 0 aliphatic carbocycles. The summed E-state index contributed by atoms with van der Waals surface area (Å²) in [6.07, 6.45) is 0. The normalized spacial score (nSPS) is 10.6. The van der Waals surface area contributed by atoms with Crippen LogP contribution < -0.4 is 5.32 Å². The van der Waals surface area contributed by atoms with E-state index in [1.165, 1.54) is 15.3 Å². The van der Waals surface area contributed by atoms with E-state index in [1.807, 2.05) is 17.4 Å². The van der Waals surface area contributed by atoms with Gasteiger partial charge in [-0.2, -0.15) is 0 Å². The molecule has 0 atom stereocenters. The van der Waals surface area contributed by atoms with E-state index < -0.39 is 0 Å². The van der Waals surface area contributed by atoms with Gasteiger partial charge in [0.25, 0.3) is 0 Å². The van der Waals surface area contributed by atoms with Crippen molar-refractivity contribution in [3.05, 3.63) is 49.6 Å². The van der Waals surface area contributed by atoms with Crippen molar-refractivity contribution in [1.82, 2.24) is 0 Å². The fourth-order valence-corrected chi connectivity index (χ4v) is 2.99. The van der Waals surface area contributed by atoms with Crippen molar-refractivity contribution < 1.29 is 0 Å². The third kappa shape index (κ3) is 3.15. The monoisotopic (exact) mass is 285 g/mol. The quantitative estimate of drug-likeness (QED) is 0.809. The number of rotatable bonds is 3. The lowest BCUT2D eigenvalue weighted by atomic mass is 10.2. The molecule has 0 fully saturated rings.